The van der Waals surface area contributed by atoms with E-state index in [1.165, 1.54) is 0 Å². The summed E-state index contributed by atoms with van der Waals surface area (Å²) in [6, 6.07) is 0. The van der Waals surface area contributed by atoms with Gasteiger partial charge in [-0.1, -0.05) is 32.1 Å². The maximum Gasteiger partial charge on any atom is 0.336 e. The average molecular weight is 513 g/mol. The number of carbonyl (C=O) groups excluding carboxylic acids is 1. The van der Waals surface area contributed by atoms with Gasteiger partial charge in [-0.05, 0) is 49.4 Å². The fraction of sp³-hybridized carbons (Fsp3) is 0.808. The van der Waals surface area contributed by atoms with Crippen molar-refractivity contribution in [2.45, 2.75) is 88.9 Å². The first-order chi connectivity index (χ1) is 16.9. The Kier molecular flexibility index (Phi) is 8.00. The lowest BCUT2D eigenvalue weighted by molar-refractivity contribution is -0.313. The van der Waals surface area contributed by atoms with Gasteiger partial charge < -0.3 is 44.8 Å². The van der Waals surface area contributed by atoms with Crippen LogP contribution in [0.15, 0.2) is 23.8 Å². The van der Waals surface area contributed by atoms with Crippen molar-refractivity contribution in [3.05, 3.63) is 23.8 Å². The summed E-state index contributed by atoms with van der Waals surface area (Å²) in [5.41, 5.74) is 0.356. The summed E-state index contributed by atoms with van der Waals surface area (Å²) < 4.78 is 16.4. The molecular formula is C26H40O10. The van der Waals surface area contributed by atoms with Gasteiger partial charge in [-0.15, -0.1) is 0 Å². The monoisotopic (exact) mass is 512 g/mol. The van der Waals surface area contributed by atoms with Crippen LogP contribution in [0.3, 0.4) is 0 Å². The highest BCUT2D eigenvalue weighted by molar-refractivity contribution is 5.91. The number of carbonyl (C=O) groups is 1. The minimum atomic E-state index is -1.54. The number of esters is 1. The van der Waals surface area contributed by atoms with Crippen LogP contribution in [-0.4, -0.2) is 99.3 Å². The summed E-state index contributed by atoms with van der Waals surface area (Å²) in [6.45, 7) is 7.89. The zero-order valence-corrected chi connectivity index (χ0v) is 21.0. The smallest absolute Gasteiger partial charge is 0.336 e. The molecule has 2 saturated heterocycles. The Balaban J connectivity index is 1.54. The highest BCUT2D eigenvalue weighted by Gasteiger charge is 2.58. The fourth-order valence-electron chi connectivity index (χ4n) is 7.01. The molecule has 2 saturated carbocycles. The standard InChI is InChI=1S/C26H40O10/c1-13-4-7-18-25(2,15(13)6-5-14-16(28)11-34-23(14)33)9-8-19(29)26(18,3)12-35-24-22(32)21(31)20(30)17(10-27)36-24/h5,15-22,24,27-32H,1,4,6-12H2,2-3H3/b14-5-/t15-,16-,17+,18+,19-,20+,21-,22+,24-,25+,26+/m1/s1. The summed E-state index contributed by atoms with van der Waals surface area (Å²) in [6.07, 6.45) is -3.42. The van der Waals surface area contributed by atoms with E-state index in [9.17, 15) is 35.4 Å². The van der Waals surface area contributed by atoms with Gasteiger partial charge in [0.15, 0.2) is 6.29 Å². The highest BCUT2D eigenvalue weighted by atomic mass is 16.7. The van der Waals surface area contributed by atoms with Crippen molar-refractivity contribution in [2.24, 2.45) is 22.7 Å². The molecule has 2 aliphatic carbocycles. The molecule has 4 aliphatic rings. The molecule has 11 atom stereocenters. The molecule has 0 unspecified atom stereocenters. The van der Waals surface area contributed by atoms with E-state index < -0.39 is 60.9 Å². The highest BCUT2D eigenvalue weighted by Crippen LogP contribution is 2.62. The van der Waals surface area contributed by atoms with Gasteiger partial charge in [0.05, 0.1) is 24.9 Å². The molecule has 10 heteroatoms. The molecule has 0 aromatic carbocycles. The van der Waals surface area contributed by atoms with E-state index in [0.717, 1.165) is 24.8 Å². The predicted molar refractivity (Wildman–Crippen MR) is 126 cm³/mol. The Morgan fingerprint density at radius 1 is 1.11 bits per heavy atom. The number of aliphatic hydroxyl groups is 6. The molecule has 10 nitrogen and oxygen atoms in total. The SMILES string of the molecule is C=C1CC[C@@H]2[C@](C)(CO[C@@H]3O[C@@H](CO)[C@H](O)[C@@H](O)[C@@H]3O)[C@H](O)CC[C@@]2(C)[C@@H]1C/C=C1\C(=O)OC[C@H]1O. The van der Waals surface area contributed by atoms with Crippen molar-refractivity contribution in [1.82, 2.24) is 0 Å². The van der Waals surface area contributed by atoms with Gasteiger partial charge in [-0.2, -0.15) is 0 Å². The molecule has 0 radical (unpaired) electrons. The van der Waals surface area contributed by atoms with Crippen molar-refractivity contribution in [3.8, 4) is 0 Å². The summed E-state index contributed by atoms with van der Waals surface area (Å²) in [7, 11) is 0. The average Bonchev–Trinajstić information content (AvgIpc) is 3.16. The normalized spacial score (nSPS) is 48.7. The van der Waals surface area contributed by atoms with Gasteiger partial charge in [0, 0.05) is 5.41 Å². The zero-order chi connectivity index (χ0) is 26.4. The summed E-state index contributed by atoms with van der Waals surface area (Å²) in [5.74, 6) is -0.473. The summed E-state index contributed by atoms with van der Waals surface area (Å²) in [5, 5.41) is 61.3. The molecule has 36 heavy (non-hydrogen) atoms. The molecule has 0 bridgehead atoms. The molecule has 0 spiro atoms. The second-order valence-corrected chi connectivity index (χ2v) is 11.4. The van der Waals surface area contributed by atoms with Crippen LogP contribution in [0.5, 0.6) is 0 Å². The number of ether oxygens (including phenoxy) is 3. The number of rotatable bonds is 6. The van der Waals surface area contributed by atoms with Gasteiger partial charge in [-0.3, -0.25) is 0 Å². The number of hydrogen-bond donors (Lipinski definition) is 6. The lowest BCUT2D eigenvalue weighted by Gasteiger charge is -2.60. The second kappa shape index (κ2) is 10.4. The van der Waals surface area contributed by atoms with E-state index >= 15 is 0 Å². The third-order valence-electron chi connectivity index (χ3n) is 9.30. The van der Waals surface area contributed by atoms with E-state index in [-0.39, 0.29) is 36.0 Å². The molecule has 4 rings (SSSR count). The quantitative estimate of drug-likeness (QED) is 0.159. The molecule has 0 aromatic rings. The molecule has 0 aromatic heterocycles. The third kappa shape index (κ3) is 4.67. The number of fused-ring (bicyclic) bond motifs is 1. The second-order valence-electron chi connectivity index (χ2n) is 11.4. The van der Waals surface area contributed by atoms with Gasteiger partial charge in [0.25, 0.3) is 0 Å². The van der Waals surface area contributed by atoms with Crippen molar-refractivity contribution < 1.29 is 49.6 Å². The lowest BCUT2D eigenvalue weighted by Crippen LogP contribution is -2.61. The molecule has 0 amide bonds. The van der Waals surface area contributed by atoms with Crippen LogP contribution < -0.4 is 0 Å². The van der Waals surface area contributed by atoms with Crippen LogP contribution in [0.2, 0.25) is 0 Å². The van der Waals surface area contributed by atoms with Crippen molar-refractivity contribution in [3.63, 3.8) is 0 Å². The Hall–Kier alpha value is -1.37. The van der Waals surface area contributed by atoms with Crippen LogP contribution in [0, 0.1) is 22.7 Å². The van der Waals surface area contributed by atoms with Crippen LogP contribution in [0.1, 0.15) is 46.0 Å². The van der Waals surface area contributed by atoms with Crippen molar-refractivity contribution >= 4 is 5.97 Å². The Labute approximate surface area is 211 Å². The first-order valence-corrected chi connectivity index (χ1v) is 12.8. The molecule has 6 N–H and O–H groups in total. The van der Waals surface area contributed by atoms with Gasteiger partial charge in [0.2, 0.25) is 0 Å². The largest absolute Gasteiger partial charge is 0.459 e. The predicted octanol–water partition coefficient (Wildman–Crippen LogP) is -0.213. The maximum absolute atomic E-state index is 12.0. The Morgan fingerprint density at radius 3 is 2.47 bits per heavy atom. The number of allylic oxidation sites excluding steroid dienone is 2. The van der Waals surface area contributed by atoms with Crippen LogP contribution in [0.25, 0.3) is 0 Å². The molecule has 2 heterocycles. The minimum Gasteiger partial charge on any atom is -0.459 e. The first-order valence-electron chi connectivity index (χ1n) is 12.8. The topological polar surface area (TPSA) is 166 Å². The molecule has 204 valence electrons. The minimum absolute atomic E-state index is 0.00740. The van der Waals surface area contributed by atoms with E-state index in [2.05, 4.69) is 13.5 Å². The fourth-order valence-corrected chi connectivity index (χ4v) is 7.01. The van der Waals surface area contributed by atoms with E-state index in [1.807, 2.05) is 6.92 Å². The molecular weight excluding hydrogens is 472 g/mol. The number of cyclic esters (lactones) is 1. The molecule has 4 fully saturated rings. The van der Waals surface area contributed by atoms with E-state index in [4.69, 9.17) is 14.2 Å². The van der Waals surface area contributed by atoms with Crippen molar-refractivity contribution in [1.29, 1.82) is 0 Å². The first kappa shape index (κ1) is 27.7. The van der Waals surface area contributed by atoms with Crippen LogP contribution in [-0.2, 0) is 19.0 Å². The van der Waals surface area contributed by atoms with Gasteiger partial charge >= 0.3 is 5.97 Å². The van der Waals surface area contributed by atoms with Crippen LogP contribution >= 0.6 is 0 Å². The Bertz CT molecular complexity index is 873. The number of aliphatic hydroxyl groups excluding tert-OH is 6. The summed E-state index contributed by atoms with van der Waals surface area (Å²) >= 11 is 0. The van der Waals surface area contributed by atoms with Crippen LogP contribution in [0.4, 0.5) is 0 Å². The van der Waals surface area contributed by atoms with Gasteiger partial charge in [0.1, 0.15) is 37.1 Å². The third-order valence-corrected chi connectivity index (χ3v) is 9.30. The van der Waals surface area contributed by atoms with Crippen molar-refractivity contribution in [2.75, 3.05) is 19.8 Å². The lowest BCUT2D eigenvalue weighted by atomic mass is 9.46. The zero-order valence-electron chi connectivity index (χ0n) is 21.0. The van der Waals surface area contributed by atoms with E-state index in [0.29, 0.717) is 12.8 Å². The van der Waals surface area contributed by atoms with E-state index in [1.54, 1.807) is 6.08 Å². The number of hydrogen-bond acceptors (Lipinski definition) is 10. The Morgan fingerprint density at radius 2 is 1.83 bits per heavy atom. The maximum atomic E-state index is 12.0. The summed E-state index contributed by atoms with van der Waals surface area (Å²) in [4.78, 5) is 12.0. The van der Waals surface area contributed by atoms with Gasteiger partial charge in [-0.25, -0.2) is 4.79 Å². The molecule has 2 aliphatic heterocycles.